The molecule has 0 aliphatic carbocycles. The number of fused-ring (bicyclic) bond motifs is 2. The lowest BCUT2D eigenvalue weighted by Crippen LogP contribution is -2.44. The lowest BCUT2D eigenvalue weighted by Gasteiger charge is -2.25. The highest BCUT2D eigenvalue weighted by atomic mass is 32.2. The molecule has 3 aromatic rings. The molecule has 0 saturated carbocycles. The number of benzene rings is 2. The maximum atomic E-state index is 13.8. The average Bonchev–Trinajstić information content (AvgIpc) is 3.49. The average molecular weight is 549 g/mol. The van der Waals surface area contributed by atoms with Crippen LogP contribution in [0.15, 0.2) is 42.5 Å². The van der Waals surface area contributed by atoms with Crippen molar-refractivity contribution < 1.29 is 19.1 Å². The molecule has 2 atom stereocenters. The maximum Gasteiger partial charge on any atom is 0.240 e. The maximum absolute atomic E-state index is 13.8. The first-order chi connectivity index (χ1) is 18.6. The van der Waals surface area contributed by atoms with Gasteiger partial charge in [-0.1, -0.05) is 51.5 Å². The first-order valence-corrected chi connectivity index (χ1v) is 14.4. The lowest BCUT2D eigenvalue weighted by atomic mass is 9.87. The van der Waals surface area contributed by atoms with E-state index in [1.807, 2.05) is 67.9 Å². The molecular weight excluding hydrogens is 512 g/mol. The lowest BCUT2D eigenvalue weighted by molar-refractivity contribution is -0.123. The third-order valence-corrected chi connectivity index (χ3v) is 8.35. The van der Waals surface area contributed by atoms with Gasteiger partial charge in [-0.2, -0.15) is 5.10 Å². The van der Waals surface area contributed by atoms with Gasteiger partial charge in [0.25, 0.3) is 0 Å². The number of hydrogen-bond acceptors (Lipinski definition) is 6. The van der Waals surface area contributed by atoms with Crippen LogP contribution in [-0.2, 0) is 15.0 Å². The van der Waals surface area contributed by atoms with Crippen molar-refractivity contribution in [2.45, 2.75) is 64.7 Å². The van der Waals surface area contributed by atoms with E-state index in [2.05, 4.69) is 26.1 Å². The van der Waals surface area contributed by atoms with Gasteiger partial charge in [0.2, 0.25) is 18.6 Å². The van der Waals surface area contributed by atoms with Crippen LogP contribution in [0.1, 0.15) is 68.7 Å². The summed E-state index contributed by atoms with van der Waals surface area (Å²) in [5.41, 5.74) is 4.46. The van der Waals surface area contributed by atoms with Gasteiger partial charge in [-0.3, -0.25) is 14.5 Å². The van der Waals surface area contributed by atoms with E-state index in [1.165, 1.54) is 0 Å². The van der Waals surface area contributed by atoms with Crippen molar-refractivity contribution >= 4 is 29.4 Å². The molecule has 3 heterocycles. The number of amides is 2. The highest BCUT2D eigenvalue weighted by Gasteiger charge is 2.40. The molecule has 0 fully saturated rings. The number of aryl methyl sites for hydroxylation is 1. The molecule has 2 aliphatic heterocycles. The van der Waals surface area contributed by atoms with Crippen molar-refractivity contribution in [2.75, 3.05) is 24.0 Å². The molecule has 8 nitrogen and oxygen atoms in total. The van der Waals surface area contributed by atoms with E-state index in [-0.39, 0.29) is 47.6 Å². The first-order valence-electron chi connectivity index (χ1n) is 13.4. The van der Waals surface area contributed by atoms with Crippen molar-refractivity contribution in [1.82, 2.24) is 15.1 Å². The Hall–Kier alpha value is -3.46. The molecule has 0 saturated heterocycles. The number of hydrogen-bond donors (Lipinski definition) is 1. The molecule has 0 bridgehead atoms. The van der Waals surface area contributed by atoms with Gasteiger partial charge >= 0.3 is 0 Å². The first kappa shape index (κ1) is 27.1. The van der Waals surface area contributed by atoms with Crippen LogP contribution in [0.4, 0.5) is 5.82 Å². The number of anilines is 1. The zero-order valence-electron chi connectivity index (χ0n) is 23.4. The molecule has 39 heavy (non-hydrogen) atoms. The van der Waals surface area contributed by atoms with Crippen LogP contribution in [0.5, 0.6) is 11.5 Å². The number of carbonyl (C=O) groups excluding carboxylic acids is 2. The minimum atomic E-state index is -0.326. The molecule has 2 aromatic carbocycles. The largest absolute Gasteiger partial charge is 0.454 e. The second kappa shape index (κ2) is 10.6. The third-order valence-electron chi connectivity index (χ3n) is 7.10. The van der Waals surface area contributed by atoms with Gasteiger partial charge in [0.05, 0.1) is 22.4 Å². The van der Waals surface area contributed by atoms with Crippen molar-refractivity contribution in [3.63, 3.8) is 0 Å². The van der Waals surface area contributed by atoms with Crippen molar-refractivity contribution in [3.8, 4) is 17.2 Å². The topological polar surface area (TPSA) is 85.7 Å². The van der Waals surface area contributed by atoms with Gasteiger partial charge < -0.3 is 14.8 Å². The molecule has 0 spiro atoms. The second-order valence-electron chi connectivity index (χ2n) is 11.2. The molecule has 2 aliphatic rings. The van der Waals surface area contributed by atoms with Gasteiger partial charge in [-0.25, -0.2) is 4.68 Å². The van der Waals surface area contributed by atoms with Crippen LogP contribution in [0, 0.1) is 6.92 Å². The van der Waals surface area contributed by atoms with Crippen LogP contribution in [-0.4, -0.2) is 46.7 Å². The minimum absolute atomic E-state index is 0.0157. The van der Waals surface area contributed by atoms with Crippen LogP contribution in [0.3, 0.4) is 0 Å². The number of rotatable bonds is 6. The van der Waals surface area contributed by atoms with E-state index in [0.717, 1.165) is 34.5 Å². The highest BCUT2D eigenvalue weighted by molar-refractivity contribution is 8.00. The fraction of sp³-hybridized carbons (Fsp3) is 0.433. The standard InChI is InChI=1S/C30H36N4O4S/c1-7-19(3)31-24(35)15-33-25(36)16-39-27(20-10-13-22-23(14-20)38-17-37-22)26-28(30(4,5)6)32-34(29(26)33)21-11-8-18(2)9-12-21/h8-14,19,27H,7,15-17H2,1-6H3,(H,31,35)/t19-,27+/m1/s1. The number of ether oxygens (including phenoxy) is 2. The van der Waals surface area contributed by atoms with Gasteiger partial charge in [-0.05, 0) is 50.1 Å². The van der Waals surface area contributed by atoms with Gasteiger partial charge in [0, 0.05) is 17.0 Å². The predicted molar refractivity (Wildman–Crippen MR) is 154 cm³/mol. The fourth-order valence-corrected chi connectivity index (χ4v) is 6.03. The molecule has 1 aromatic heterocycles. The summed E-state index contributed by atoms with van der Waals surface area (Å²) < 4.78 is 13.1. The zero-order chi connectivity index (χ0) is 27.9. The monoisotopic (exact) mass is 548 g/mol. The number of thioether (sulfide) groups is 1. The predicted octanol–water partition coefficient (Wildman–Crippen LogP) is 5.29. The molecule has 9 heteroatoms. The second-order valence-corrected chi connectivity index (χ2v) is 12.3. The Morgan fingerprint density at radius 1 is 1.15 bits per heavy atom. The number of nitrogens with zero attached hydrogens (tertiary/aromatic N) is 3. The van der Waals surface area contributed by atoms with Crippen LogP contribution in [0.2, 0.25) is 0 Å². The van der Waals surface area contributed by atoms with E-state index >= 15 is 0 Å². The van der Waals surface area contributed by atoms with E-state index in [9.17, 15) is 9.59 Å². The zero-order valence-corrected chi connectivity index (χ0v) is 24.2. The smallest absolute Gasteiger partial charge is 0.240 e. The third kappa shape index (κ3) is 5.37. The summed E-state index contributed by atoms with van der Waals surface area (Å²) in [6.45, 7) is 12.5. The number of aromatic nitrogens is 2. The van der Waals surface area contributed by atoms with E-state index < -0.39 is 0 Å². The van der Waals surface area contributed by atoms with Crippen LogP contribution >= 0.6 is 11.8 Å². The summed E-state index contributed by atoms with van der Waals surface area (Å²) in [5, 5.41) is 7.97. The van der Waals surface area contributed by atoms with E-state index in [4.69, 9.17) is 14.6 Å². The number of nitrogens with one attached hydrogen (secondary N) is 1. The van der Waals surface area contributed by atoms with E-state index in [0.29, 0.717) is 17.3 Å². The summed E-state index contributed by atoms with van der Waals surface area (Å²) in [6, 6.07) is 14.0. The Morgan fingerprint density at radius 3 is 2.56 bits per heavy atom. The van der Waals surface area contributed by atoms with Gasteiger partial charge in [-0.15, -0.1) is 11.8 Å². The Morgan fingerprint density at radius 2 is 1.87 bits per heavy atom. The quantitative estimate of drug-likeness (QED) is 0.451. The molecular formula is C30H36N4O4S. The van der Waals surface area contributed by atoms with Gasteiger partial charge in [0.1, 0.15) is 12.4 Å². The van der Waals surface area contributed by atoms with Crippen molar-refractivity contribution in [3.05, 3.63) is 64.8 Å². The molecule has 2 amide bonds. The molecule has 0 radical (unpaired) electrons. The molecule has 0 unspecified atom stereocenters. The number of carbonyl (C=O) groups is 2. The molecule has 1 N–H and O–H groups in total. The summed E-state index contributed by atoms with van der Waals surface area (Å²) in [6.07, 6.45) is 0.808. The Bertz CT molecular complexity index is 1390. The summed E-state index contributed by atoms with van der Waals surface area (Å²) in [4.78, 5) is 28.5. The van der Waals surface area contributed by atoms with Crippen LogP contribution in [0.25, 0.3) is 5.69 Å². The van der Waals surface area contributed by atoms with Crippen molar-refractivity contribution in [2.24, 2.45) is 0 Å². The normalized spacial score (nSPS) is 17.5. The van der Waals surface area contributed by atoms with Crippen LogP contribution < -0.4 is 19.7 Å². The minimum Gasteiger partial charge on any atom is -0.454 e. The molecule has 5 rings (SSSR count). The summed E-state index contributed by atoms with van der Waals surface area (Å²) >= 11 is 1.55. The fourth-order valence-electron chi connectivity index (χ4n) is 4.84. The molecule has 206 valence electrons. The van der Waals surface area contributed by atoms with Gasteiger partial charge in [0.15, 0.2) is 11.5 Å². The SMILES string of the molecule is CC[C@@H](C)NC(=O)CN1C(=O)CS[C@@H](c2ccc3c(c2)OCO3)c2c(C(C)(C)C)nn(-c3ccc(C)cc3)c21. The summed E-state index contributed by atoms with van der Waals surface area (Å²) in [7, 11) is 0. The Balaban J connectivity index is 1.73. The van der Waals surface area contributed by atoms with Crippen molar-refractivity contribution in [1.29, 1.82) is 0 Å². The highest BCUT2D eigenvalue weighted by Crippen LogP contribution is 2.49. The van der Waals surface area contributed by atoms with E-state index in [1.54, 1.807) is 16.7 Å². The summed E-state index contributed by atoms with van der Waals surface area (Å²) in [5.74, 6) is 1.95. The Kier molecular flexibility index (Phi) is 7.37. The Labute approximate surface area is 234 Å².